The van der Waals surface area contributed by atoms with Crippen LogP contribution in [0.2, 0.25) is 0 Å². The van der Waals surface area contributed by atoms with Crippen LogP contribution < -0.4 is 0 Å². The first-order valence-corrected chi connectivity index (χ1v) is 7.03. The Labute approximate surface area is 112 Å². The van der Waals surface area contributed by atoms with Crippen LogP contribution >= 0.6 is 0 Å². The Morgan fingerprint density at radius 3 is 2.44 bits per heavy atom. The van der Waals surface area contributed by atoms with E-state index < -0.39 is 0 Å². The van der Waals surface area contributed by atoms with Crippen molar-refractivity contribution in [3.8, 4) is 0 Å². The number of aliphatic hydroxyl groups is 1. The molecule has 0 saturated heterocycles. The van der Waals surface area contributed by atoms with Gasteiger partial charge in [-0.05, 0) is 38.8 Å². The summed E-state index contributed by atoms with van der Waals surface area (Å²) >= 11 is 0. The molecular weight excluding hydrogens is 222 g/mol. The van der Waals surface area contributed by atoms with E-state index in [-0.39, 0.29) is 6.10 Å². The SMILES string of the molecule is CCC(CC)N(C)CCC(O)c1cccc(C)c1. The number of aryl methyl sites for hydroxylation is 1. The van der Waals surface area contributed by atoms with Crippen molar-refractivity contribution in [1.82, 2.24) is 4.90 Å². The van der Waals surface area contributed by atoms with Crippen LogP contribution in [0.25, 0.3) is 0 Å². The second-order valence-electron chi connectivity index (χ2n) is 5.17. The zero-order valence-corrected chi connectivity index (χ0v) is 12.2. The van der Waals surface area contributed by atoms with Crippen LogP contribution in [-0.4, -0.2) is 29.6 Å². The molecule has 1 unspecified atom stereocenters. The topological polar surface area (TPSA) is 23.5 Å². The normalized spacial score (nSPS) is 13.3. The number of nitrogens with zero attached hydrogens (tertiary/aromatic N) is 1. The summed E-state index contributed by atoms with van der Waals surface area (Å²) in [6.45, 7) is 7.46. The van der Waals surface area contributed by atoms with E-state index in [1.54, 1.807) is 0 Å². The zero-order valence-electron chi connectivity index (χ0n) is 12.2. The van der Waals surface area contributed by atoms with E-state index in [4.69, 9.17) is 0 Å². The standard InChI is InChI=1S/C16H27NO/c1-5-15(6-2)17(4)11-10-16(18)14-9-7-8-13(3)12-14/h7-9,12,15-16,18H,5-6,10-11H2,1-4H3. The van der Waals surface area contributed by atoms with Gasteiger partial charge in [-0.1, -0.05) is 43.7 Å². The fraction of sp³-hybridized carbons (Fsp3) is 0.625. The zero-order chi connectivity index (χ0) is 13.5. The highest BCUT2D eigenvalue weighted by Crippen LogP contribution is 2.19. The lowest BCUT2D eigenvalue weighted by atomic mass is 10.0. The molecule has 18 heavy (non-hydrogen) atoms. The number of aliphatic hydroxyl groups excluding tert-OH is 1. The van der Waals surface area contributed by atoms with Gasteiger partial charge < -0.3 is 10.0 Å². The average molecular weight is 249 g/mol. The summed E-state index contributed by atoms with van der Waals surface area (Å²) in [5.41, 5.74) is 2.24. The van der Waals surface area contributed by atoms with Crippen LogP contribution in [0.1, 0.15) is 50.3 Å². The van der Waals surface area contributed by atoms with Gasteiger partial charge in [0, 0.05) is 12.6 Å². The lowest BCUT2D eigenvalue weighted by Crippen LogP contribution is -2.32. The predicted molar refractivity (Wildman–Crippen MR) is 77.8 cm³/mol. The van der Waals surface area contributed by atoms with Crippen molar-refractivity contribution in [1.29, 1.82) is 0 Å². The molecule has 1 N–H and O–H groups in total. The molecule has 0 aromatic heterocycles. The molecule has 1 aromatic rings. The Balaban J connectivity index is 2.48. The van der Waals surface area contributed by atoms with Crippen LogP contribution in [0.3, 0.4) is 0 Å². The van der Waals surface area contributed by atoms with E-state index >= 15 is 0 Å². The molecule has 0 bridgehead atoms. The highest BCUT2D eigenvalue weighted by Gasteiger charge is 2.13. The second kappa shape index (κ2) is 7.55. The molecule has 0 aliphatic heterocycles. The molecular formula is C16H27NO. The van der Waals surface area contributed by atoms with Crippen molar-refractivity contribution >= 4 is 0 Å². The van der Waals surface area contributed by atoms with Gasteiger partial charge in [0.15, 0.2) is 0 Å². The van der Waals surface area contributed by atoms with Gasteiger partial charge in [-0.25, -0.2) is 0 Å². The number of hydrogen-bond acceptors (Lipinski definition) is 2. The summed E-state index contributed by atoms with van der Waals surface area (Å²) in [5.74, 6) is 0. The van der Waals surface area contributed by atoms with Crippen LogP contribution in [0.15, 0.2) is 24.3 Å². The van der Waals surface area contributed by atoms with Gasteiger partial charge in [0.1, 0.15) is 0 Å². The van der Waals surface area contributed by atoms with Gasteiger partial charge in [-0.15, -0.1) is 0 Å². The number of hydrogen-bond donors (Lipinski definition) is 1. The van der Waals surface area contributed by atoms with E-state index in [1.165, 1.54) is 18.4 Å². The molecule has 0 aliphatic carbocycles. The molecule has 0 fully saturated rings. The largest absolute Gasteiger partial charge is 0.388 e. The first-order valence-electron chi connectivity index (χ1n) is 7.03. The number of benzene rings is 1. The van der Waals surface area contributed by atoms with E-state index in [0.29, 0.717) is 6.04 Å². The molecule has 102 valence electrons. The van der Waals surface area contributed by atoms with Crippen molar-refractivity contribution in [2.45, 2.75) is 52.2 Å². The Kier molecular flexibility index (Phi) is 6.37. The fourth-order valence-corrected chi connectivity index (χ4v) is 2.46. The lowest BCUT2D eigenvalue weighted by Gasteiger charge is -2.27. The first kappa shape index (κ1) is 15.2. The van der Waals surface area contributed by atoms with Crippen LogP contribution in [-0.2, 0) is 0 Å². The highest BCUT2D eigenvalue weighted by molar-refractivity contribution is 5.23. The second-order valence-corrected chi connectivity index (χ2v) is 5.17. The van der Waals surface area contributed by atoms with Crippen molar-refractivity contribution in [3.63, 3.8) is 0 Å². The summed E-state index contributed by atoms with van der Waals surface area (Å²) < 4.78 is 0. The van der Waals surface area contributed by atoms with Gasteiger partial charge >= 0.3 is 0 Å². The monoisotopic (exact) mass is 249 g/mol. The predicted octanol–water partition coefficient (Wildman–Crippen LogP) is 3.54. The van der Waals surface area contributed by atoms with Crippen LogP contribution in [0.5, 0.6) is 0 Å². The Morgan fingerprint density at radius 2 is 1.89 bits per heavy atom. The quantitative estimate of drug-likeness (QED) is 0.799. The van der Waals surface area contributed by atoms with Crippen molar-refractivity contribution in [2.75, 3.05) is 13.6 Å². The Morgan fingerprint density at radius 1 is 1.22 bits per heavy atom. The summed E-state index contributed by atoms with van der Waals surface area (Å²) in [4.78, 5) is 2.36. The van der Waals surface area contributed by atoms with Crippen LogP contribution in [0.4, 0.5) is 0 Å². The maximum absolute atomic E-state index is 10.2. The van der Waals surface area contributed by atoms with Crippen LogP contribution in [0, 0.1) is 6.92 Å². The summed E-state index contributed by atoms with van der Waals surface area (Å²) in [6, 6.07) is 8.79. The van der Waals surface area contributed by atoms with E-state index in [0.717, 1.165) is 18.5 Å². The summed E-state index contributed by atoms with van der Waals surface area (Å²) in [6.07, 6.45) is 2.80. The summed E-state index contributed by atoms with van der Waals surface area (Å²) in [5, 5.41) is 10.2. The molecule has 2 nitrogen and oxygen atoms in total. The molecule has 1 rings (SSSR count). The Hall–Kier alpha value is -0.860. The van der Waals surface area contributed by atoms with E-state index in [2.05, 4.69) is 44.9 Å². The molecule has 0 saturated carbocycles. The lowest BCUT2D eigenvalue weighted by molar-refractivity contribution is 0.134. The van der Waals surface area contributed by atoms with Gasteiger partial charge in [-0.3, -0.25) is 0 Å². The average Bonchev–Trinajstić information content (AvgIpc) is 2.37. The Bertz CT molecular complexity index is 347. The molecule has 0 heterocycles. The van der Waals surface area contributed by atoms with E-state index in [9.17, 15) is 5.11 Å². The molecule has 0 amide bonds. The van der Waals surface area contributed by atoms with E-state index in [1.807, 2.05) is 12.1 Å². The van der Waals surface area contributed by atoms with Gasteiger partial charge in [0.25, 0.3) is 0 Å². The maximum Gasteiger partial charge on any atom is 0.0802 e. The molecule has 1 atom stereocenters. The third-order valence-corrected chi connectivity index (χ3v) is 3.75. The molecule has 0 aliphatic rings. The third-order valence-electron chi connectivity index (χ3n) is 3.75. The molecule has 0 spiro atoms. The van der Waals surface area contributed by atoms with Gasteiger partial charge in [-0.2, -0.15) is 0 Å². The minimum absolute atomic E-state index is 0.346. The number of rotatable bonds is 7. The maximum atomic E-state index is 10.2. The van der Waals surface area contributed by atoms with Crippen molar-refractivity contribution < 1.29 is 5.11 Å². The molecule has 0 radical (unpaired) electrons. The molecule has 1 aromatic carbocycles. The summed E-state index contributed by atoms with van der Waals surface area (Å²) in [7, 11) is 2.15. The smallest absolute Gasteiger partial charge is 0.0802 e. The fourth-order valence-electron chi connectivity index (χ4n) is 2.46. The third kappa shape index (κ3) is 4.43. The van der Waals surface area contributed by atoms with Crippen molar-refractivity contribution in [2.24, 2.45) is 0 Å². The first-order chi connectivity index (χ1) is 8.58. The van der Waals surface area contributed by atoms with Gasteiger partial charge in [0.2, 0.25) is 0 Å². The molecule has 2 heteroatoms. The van der Waals surface area contributed by atoms with Crippen molar-refractivity contribution in [3.05, 3.63) is 35.4 Å². The van der Waals surface area contributed by atoms with Gasteiger partial charge in [0.05, 0.1) is 6.10 Å². The minimum atomic E-state index is -0.346. The highest BCUT2D eigenvalue weighted by atomic mass is 16.3. The minimum Gasteiger partial charge on any atom is -0.388 e.